The second kappa shape index (κ2) is 6.91. The molecule has 0 bridgehead atoms. The fourth-order valence-electron chi connectivity index (χ4n) is 2.08. The number of carbonyl (C=O) groups is 1. The van der Waals surface area contributed by atoms with Gasteiger partial charge in [0.05, 0.1) is 4.90 Å². The molecule has 1 amide bonds. The molecule has 6 nitrogen and oxygen atoms in total. The van der Waals surface area contributed by atoms with Crippen LogP contribution in [0.25, 0.3) is 0 Å². The monoisotopic (exact) mass is 314 g/mol. The van der Waals surface area contributed by atoms with E-state index in [9.17, 15) is 13.2 Å². The molecule has 0 saturated heterocycles. The van der Waals surface area contributed by atoms with E-state index in [4.69, 9.17) is 9.88 Å². The van der Waals surface area contributed by atoms with Crippen LogP contribution in [-0.2, 0) is 14.8 Å². The summed E-state index contributed by atoms with van der Waals surface area (Å²) in [6, 6.07) is 3.13. The first kappa shape index (κ1) is 17.5. The molecule has 1 aromatic carbocycles. The van der Waals surface area contributed by atoms with Crippen molar-refractivity contribution in [3.05, 3.63) is 23.3 Å². The zero-order chi connectivity index (χ0) is 16.2. The van der Waals surface area contributed by atoms with E-state index in [1.54, 1.807) is 32.9 Å². The van der Waals surface area contributed by atoms with Crippen molar-refractivity contribution in [1.82, 2.24) is 5.32 Å². The van der Waals surface area contributed by atoms with Gasteiger partial charge >= 0.3 is 0 Å². The Hall–Kier alpha value is -1.60. The van der Waals surface area contributed by atoms with Gasteiger partial charge in [0.15, 0.2) is 6.10 Å². The molecule has 0 aliphatic heterocycles. The Labute approximate surface area is 125 Å². The zero-order valence-corrected chi connectivity index (χ0v) is 13.6. The number of sulfonamides is 1. The highest BCUT2D eigenvalue weighted by Crippen LogP contribution is 2.25. The molecule has 0 aliphatic rings. The number of nitrogens with one attached hydrogen (secondary N) is 1. The molecular weight excluding hydrogens is 292 g/mol. The van der Waals surface area contributed by atoms with E-state index in [2.05, 4.69) is 5.32 Å². The SMILES string of the molecule is CCCNC(=O)C(C)Oc1cc(C)c(S(N)(=O)=O)c(C)c1. The van der Waals surface area contributed by atoms with Crippen LogP contribution in [0.3, 0.4) is 0 Å². The van der Waals surface area contributed by atoms with E-state index in [0.717, 1.165) is 6.42 Å². The van der Waals surface area contributed by atoms with Crippen LogP contribution in [0.1, 0.15) is 31.4 Å². The third-order valence-corrected chi connectivity index (χ3v) is 4.16. The molecule has 1 unspecified atom stereocenters. The number of hydrogen-bond donors (Lipinski definition) is 2. The number of carbonyl (C=O) groups excluding carboxylic acids is 1. The van der Waals surface area contributed by atoms with Crippen molar-refractivity contribution in [3.63, 3.8) is 0 Å². The maximum atomic E-state index is 11.8. The molecular formula is C14H22N2O4S. The fraction of sp³-hybridized carbons (Fsp3) is 0.500. The van der Waals surface area contributed by atoms with Crippen LogP contribution in [0.4, 0.5) is 0 Å². The molecule has 0 heterocycles. The van der Waals surface area contributed by atoms with Gasteiger partial charge in [-0.15, -0.1) is 0 Å². The van der Waals surface area contributed by atoms with Crippen molar-refractivity contribution < 1.29 is 17.9 Å². The Balaban J connectivity index is 2.94. The summed E-state index contributed by atoms with van der Waals surface area (Å²) in [6.45, 7) is 7.48. The van der Waals surface area contributed by atoms with Gasteiger partial charge in [0, 0.05) is 6.54 Å². The summed E-state index contributed by atoms with van der Waals surface area (Å²) >= 11 is 0. The fourth-order valence-corrected chi connectivity index (χ4v) is 3.09. The molecule has 0 aromatic heterocycles. The molecule has 118 valence electrons. The lowest BCUT2D eigenvalue weighted by Gasteiger charge is -2.16. The predicted octanol–water partition coefficient (Wildman–Crippen LogP) is 1.24. The third kappa shape index (κ3) is 4.71. The van der Waals surface area contributed by atoms with Crippen LogP contribution in [0, 0.1) is 13.8 Å². The summed E-state index contributed by atoms with van der Waals surface area (Å²) in [7, 11) is -3.77. The van der Waals surface area contributed by atoms with Crippen molar-refractivity contribution in [3.8, 4) is 5.75 Å². The van der Waals surface area contributed by atoms with Crippen molar-refractivity contribution in [2.24, 2.45) is 5.14 Å². The molecule has 7 heteroatoms. The minimum absolute atomic E-state index is 0.0953. The van der Waals surface area contributed by atoms with Crippen molar-refractivity contribution >= 4 is 15.9 Å². The van der Waals surface area contributed by atoms with E-state index in [0.29, 0.717) is 23.4 Å². The van der Waals surface area contributed by atoms with Crippen molar-refractivity contribution in [2.45, 2.75) is 45.1 Å². The average Bonchev–Trinajstić information content (AvgIpc) is 2.32. The summed E-state index contributed by atoms with van der Waals surface area (Å²) < 4.78 is 28.6. The maximum Gasteiger partial charge on any atom is 0.260 e. The Bertz CT molecular complexity index is 603. The summed E-state index contributed by atoms with van der Waals surface area (Å²) in [5.74, 6) is 0.235. The van der Waals surface area contributed by atoms with Gasteiger partial charge in [-0.2, -0.15) is 0 Å². The zero-order valence-electron chi connectivity index (χ0n) is 12.8. The van der Waals surface area contributed by atoms with E-state index < -0.39 is 16.1 Å². The number of aryl methyl sites for hydroxylation is 2. The lowest BCUT2D eigenvalue weighted by molar-refractivity contribution is -0.127. The molecule has 0 saturated carbocycles. The topological polar surface area (TPSA) is 98.5 Å². The highest BCUT2D eigenvalue weighted by Gasteiger charge is 2.18. The minimum atomic E-state index is -3.77. The van der Waals surface area contributed by atoms with E-state index in [1.165, 1.54) is 0 Å². The van der Waals surface area contributed by atoms with Gasteiger partial charge in [-0.1, -0.05) is 6.92 Å². The Morgan fingerprint density at radius 1 is 1.33 bits per heavy atom. The highest BCUT2D eigenvalue weighted by atomic mass is 32.2. The van der Waals surface area contributed by atoms with Gasteiger partial charge in [-0.25, -0.2) is 13.6 Å². The normalized spacial score (nSPS) is 12.8. The van der Waals surface area contributed by atoms with E-state index in [-0.39, 0.29) is 10.8 Å². The van der Waals surface area contributed by atoms with Crippen LogP contribution in [0.5, 0.6) is 5.75 Å². The molecule has 0 spiro atoms. The van der Waals surface area contributed by atoms with Gasteiger partial charge in [0.1, 0.15) is 5.75 Å². The molecule has 0 radical (unpaired) electrons. The summed E-state index contributed by atoms with van der Waals surface area (Å²) in [5.41, 5.74) is 0.988. The Morgan fingerprint density at radius 3 is 2.29 bits per heavy atom. The smallest absolute Gasteiger partial charge is 0.260 e. The first-order valence-electron chi connectivity index (χ1n) is 6.75. The van der Waals surface area contributed by atoms with Crippen molar-refractivity contribution in [1.29, 1.82) is 0 Å². The quantitative estimate of drug-likeness (QED) is 0.825. The standard InChI is InChI=1S/C14H22N2O4S/c1-5-6-16-14(17)11(4)20-12-7-9(2)13(10(3)8-12)21(15,18)19/h7-8,11H,5-6H2,1-4H3,(H,16,17)(H2,15,18,19). The number of primary sulfonamides is 1. The van der Waals surface area contributed by atoms with Crippen LogP contribution >= 0.6 is 0 Å². The molecule has 3 N–H and O–H groups in total. The molecule has 0 fully saturated rings. The Morgan fingerprint density at radius 2 is 1.86 bits per heavy atom. The largest absolute Gasteiger partial charge is 0.481 e. The number of benzene rings is 1. The predicted molar refractivity (Wildman–Crippen MR) is 80.7 cm³/mol. The minimum Gasteiger partial charge on any atom is -0.481 e. The van der Waals surface area contributed by atoms with Crippen molar-refractivity contribution in [2.75, 3.05) is 6.54 Å². The van der Waals surface area contributed by atoms with Crippen LogP contribution in [0.2, 0.25) is 0 Å². The highest BCUT2D eigenvalue weighted by molar-refractivity contribution is 7.89. The molecule has 0 aliphatic carbocycles. The van der Waals surface area contributed by atoms with Gasteiger partial charge in [0.25, 0.3) is 5.91 Å². The van der Waals surface area contributed by atoms with Crippen LogP contribution < -0.4 is 15.2 Å². The van der Waals surface area contributed by atoms with Crippen LogP contribution in [-0.4, -0.2) is 27.0 Å². The van der Waals surface area contributed by atoms with Gasteiger partial charge in [0.2, 0.25) is 10.0 Å². The number of hydrogen-bond acceptors (Lipinski definition) is 4. The lowest BCUT2D eigenvalue weighted by Crippen LogP contribution is -2.36. The number of rotatable bonds is 6. The first-order chi connectivity index (χ1) is 9.66. The lowest BCUT2D eigenvalue weighted by atomic mass is 10.1. The summed E-state index contributed by atoms with van der Waals surface area (Å²) in [4.78, 5) is 11.8. The van der Waals surface area contributed by atoms with E-state index in [1.807, 2.05) is 6.92 Å². The molecule has 21 heavy (non-hydrogen) atoms. The van der Waals surface area contributed by atoms with Gasteiger partial charge in [-0.05, 0) is 50.5 Å². The first-order valence-corrected chi connectivity index (χ1v) is 8.29. The van der Waals surface area contributed by atoms with Crippen LogP contribution in [0.15, 0.2) is 17.0 Å². The molecule has 1 aromatic rings. The van der Waals surface area contributed by atoms with Gasteiger partial charge in [-0.3, -0.25) is 4.79 Å². The van der Waals surface area contributed by atoms with E-state index >= 15 is 0 Å². The average molecular weight is 314 g/mol. The number of amides is 1. The maximum absolute atomic E-state index is 11.8. The number of ether oxygens (including phenoxy) is 1. The summed E-state index contributed by atoms with van der Waals surface area (Å²) in [5, 5.41) is 7.92. The van der Waals surface area contributed by atoms with Gasteiger partial charge < -0.3 is 10.1 Å². The summed E-state index contributed by atoms with van der Waals surface area (Å²) in [6.07, 6.45) is 0.190. The second-order valence-electron chi connectivity index (χ2n) is 4.98. The second-order valence-corrected chi connectivity index (χ2v) is 6.48. The third-order valence-electron chi connectivity index (χ3n) is 2.95. The Kier molecular flexibility index (Phi) is 5.74. The molecule has 1 atom stereocenters. The molecule has 1 rings (SSSR count). The number of nitrogens with two attached hydrogens (primary N) is 1.